The normalized spacial score (nSPS) is 11.1. The highest BCUT2D eigenvalue weighted by molar-refractivity contribution is 5.82. The van der Waals surface area contributed by atoms with Crippen molar-refractivity contribution in [3.63, 3.8) is 0 Å². The van der Waals surface area contributed by atoms with Gasteiger partial charge in [-0.3, -0.25) is 9.59 Å². The van der Waals surface area contributed by atoms with Gasteiger partial charge in [-0.1, -0.05) is 26.8 Å². The number of hydrogen-bond donors (Lipinski definition) is 1. The highest BCUT2D eigenvalue weighted by Crippen LogP contribution is 2.14. The van der Waals surface area contributed by atoms with E-state index in [9.17, 15) is 14.0 Å². The van der Waals surface area contributed by atoms with Gasteiger partial charge in [-0.15, -0.1) is 0 Å². The maximum atomic E-state index is 12.9. The number of rotatable bonds is 3. The highest BCUT2D eigenvalue weighted by atomic mass is 19.1. The second-order valence-corrected chi connectivity index (χ2v) is 4.89. The van der Waals surface area contributed by atoms with E-state index in [0.717, 1.165) is 6.07 Å². The quantitative estimate of drug-likeness (QED) is 0.820. The third-order valence-electron chi connectivity index (χ3n) is 2.36. The fourth-order valence-electron chi connectivity index (χ4n) is 1.28. The average molecular weight is 237 g/mol. The van der Waals surface area contributed by atoms with Crippen molar-refractivity contribution in [2.45, 2.75) is 27.3 Å². The Morgan fingerprint density at radius 1 is 1.41 bits per heavy atom. The molecule has 1 aromatic rings. The average Bonchev–Trinajstić information content (AvgIpc) is 2.25. The molecule has 0 heterocycles. The van der Waals surface area contributed by atoms with E-state index in [1.807, 2.05) is 0 Å². The van der Waals surface area contributed by atoms with Gasteiger partial charge in [0.25, 0.3) is 0 Å². The molecule has 0 aromatic heterocycles. The zero-order valence-corrected chi connectivity index (χ0v) is 10.2. The van der Waals surface area contributed by atoms with E-state index in [1.165, 1.54) is 12.1 Å². The summed E-state index contributed by atoms with van der Waals surface area (Å²) in [6.07, 6.45) is 0.585. The van der Waals surface area contributed by atoms with Crippen molar-refractivity contribution in [1.29, 1.82) is 0 Å². The lowest BCUT2D eigenvalue weighted by molar-refractivity contribution is -0.128. The molecule has 0 atom stereocenters. The van der Waals surface area contributed by atoms with Crippen LogP contribution in [0.4, 0.5) is 4.39 Å². The Kier molecular flexibility index (Phi) is 3.99. The number of benzene rings is 1. The molecular formula is C13H16FNO2. The van der Waals surface area contributed by atoms with Crippen LogP contribution < -0.4 is 5.32 Å². The summed E-state index contributed by atoms with van der Waals surface area (Å²) in [5.41, 5.74) is 0.389. The molecule has 1 N–H and O–H groups in total. The lowest BCUT2D eigenvalue weighted by Gasteiger charge is -2.18. The van der Waals surface area contributed by atoms with Crippen LogP contribution in [0.1, 0.15) is 36.7 Å². The molecule has 0 aliphatic carbocycles. The predicted octanol–water partition coefficient (Wildman–Crippen LogP) is 2.30. The number of carbonyl (C=O) groups is 2. The van der Waals surface area contributed by atoms with E-state index in [2.05, 4.69) is 5.32 Å². The van der Waals surface area contributed by atoms with E-state index in [0.29, 0.717) is 11.8 Å². The minimum absolute atomic E-state index is 0.112. The molecule has 3 nitrogen and oxygen atoms in total. The molecule has 17 heavy (non-hydrogen) atoms. The lowest BCUT2D eigenvalue weighted by Crippen LogP contribution is -2.34. The maximum Gasteiger partial charge on any atom is 0.225 e. The first-order valence-corrected chi connectivity index (χ1v) is 5.36. The van der Waals surface area contributed by atoms with Crippen LogP contribution in [0.3, 0.4) is 0 Å². The minimum atomic E-state index is -0.485. The molecule has 1 amide bonds. The van der Waals surface area contributed by atoms with Crippen LogP contribution in [0.5, 0.6) is 0 Å². The Labute approximate surface area is 100 Å². The zero-order chi connectivity index (χ0) is 13.1. The van der Waals surface area contributed by atoms with Gasteiger partial charge in [-0.25, -0.2) is 4.39 Å². The molecule has 0 fully saturated rings. The standard InChI is InChI=1S/C13H16FNO2/c1-13(2,3)12(17)15-7-9-4-5-11(14)6-10(9)8-16/h4-6,8H,7H2,1-3H3,(H,15,17). The maximum absolute atomic E-state index is 12.9. The molecule has 0 bridgehead atoms. The minimum Gasteiger partial charge on any atom is -0.352 e. The van der Waals surface area contributed by atoms with Gasteiger partial charge in [0.1, 0.15) is 12.1 Å². The van der Waals surface area contributed by atoms with Crippen molar-refractivity contribution < 1.29 is 14.0 Å². The van der Waals surface area contributed by atoms with Crippen LogP contribution in [-0.4, -0.2) is 12.2 Å². The Morgan fingerprint density at radius 2 is 2.06 bits per heavy atom. The smallest absolute Gasteiger partial charge is 0.225 e. The van der Waals surface area contributed by atoms with Crippen LogP contribution in [0.15, 0.2) is 18.2 Å². The lowest BCUT2D eigenvalue weighted by atomic mass is 9.95. The summed E-state index contributed by atoms with van der Waals surface area (Å²) in [5.74, 6) is -0.573. The van der Waals surface area contributed by atoms with Crippen LogP contribution in [0.25, 0.3) is 0 Å². The van der Waals surface area contributed by atoms with Gasteiger partial charge in [-0.05, 0) is 17.7 Å². The summed E-state index contributed by atoms with van der Waals surface area (Å²) in [7, 11) is 0. The van der Waals surface area contributed by atoms with E-state index in [4.69, 9.17) is 0 Å². The number of aldehydes is 1. The van der Waals surface area contributed by atoms with E-state index >= 15 is 0 Å². The van der Waals surface area contributed by atoms with Crippen molar-refractivity contribution in [3.8, 4) is 0 Å². The second-order valence-electron chi connectivity index (χ2n) is 4.89. The van der Waals surface area contributed by atoms with Crippen molar-refractivity contribution in [1.82, 2.24) is 5.32 Å². The third kappa shape index (κ3) is 3.66. The fourth-order valence-corrected chi connectivity index (χ4v) is 1.28. The first-order valence-electron chi connectivity index (χ1n) is 5.36. The molecule has 0 radical (unpaired) electrons. The fraction of sp³-hybridized carbons (Fsp3) is 0.385. The molecule has 0 spiro atoms. The second kappa shape index (κ2) is 5.08. The predicted molar refractivity (Wildman–Crippen MR) is 63.1 cm³/mol. The molecule has 0 aliphatic rings. The van der Waals surface area contributed by atoms with Gasteiger partial charge in [0, 0.05) is 17.5 Å². The monoisotopic (exact) mass is 237 g/mol. The van der Waals surface area contributed by atoms with Gasteiger partial charge in [0.15, 0.2) is 0 Å². The first-order chi connectivity index (χ1) is 7.84. The molecule has 0 aliphatic heterocycles. The van der Waals surface area contributed by atoms with Gasteiger partial charge in [-0.2, -0.15) is 0 Å². The molecule has 0 saturated carbocycles. The van der Waals surface area contributed by atoms with Gasteiger partial charge in [0.2, 0.25) is 5.91 Å². The molecule has 4 heteroatoms. The van der Waals surface area contributed by atoms with Crippen molar-refractivity contribution >= 4 is 12.2 Å². The summed E-state index contributed by atoms with van der Waals surface area (Å²) >= 11 is 0. The van der Waals surface area contributed by atoms with E-state index < -0.39 is 11.2 Å². The number of hydrogen-bond acceptors (Lipinski definition) is 2. The highest BCUT2D eigenvalue weighted by Gasteiger charge is 2.20. The largest absolute Gasteiger partial charge is 0.352 e. The van der Waals surface area contributed by atoms with Gasteiger partial charge >= 0.3 is 0 Å². The number of amides is 1. The van der Waals surface area contributed by atoms with Crippen molar-refractivity contribution in [3.05, 3.63) is 35.1 Å². The number of carbonyl (C=O) groups excluding carboxylic acids is 2. The Morgan fingerprint density at radius 3 is 2.59 bits per heavy atom. The van der Waals surface area contributed by atoms with Crippen LogP contribution in [0.2, 0.25) is 0 Å². The van der Waals surface area contributed by atoms with Crippen molar-refractivity contribution in [2.24, 2.45) is 5.41 Å². The Balaban J connectivity index is 2.76. The summed E-state index contributed by atoms with van der Waals surface area (Å²) in [5, 5.41) is 2.71. The molecule has 1 rings (SSSR count). The van der Waals surface area contributed by atoms with Crippen LogP contribution in [-0.2, 0) is 11.3 Å². The molecule has 92 valence electrons. The van der Waals surface area contributed by atoms with Gasteiger partial charge in [0.05, 0.1) is 0 Å². The third-order valence-corrected chi connectivity index (χ3v) is 2.36. The van der Waals surface area contributed by atoms with Crippen molar-refractivity contribution in [2.75, 3.05) is 0 Å². The molecule has 1 aromatic carbocycles. The Hall–Kier alpha value is -1.71. The van der Waals surface area contributed by atoms with E-state index in [1.54, 1.807) is 20.8 Å². The molecule has 0 unspecified atom stereocenters. The van der Waals surface area contributed by atoms with Crippen LogP contribution >= 0.6 is 0 Å². The topological polar surface area (TPSA) is 46.2 Å². The SMILES string of the molecule is CC(C)(C)C(=O)NCc1ccc(F)cc1C=O. The molecule has 0 saturated heterocycles. The summed E-state index contributed by atoms with van der Waals surface area (Å²) in [6, 6.07) is 3.93. The molecular weight excluding hydrogens is 221 g/mol. The number of nitrogens with one attached hydrogen (secondary N) is 1. The zero-order valence-electron chi connectivity index (χ0n) is 10.2. The Bertz CT molecular complexity index is 436. The summed E-state index contributed by atoms with van der Waals surface area (Å²) < 4.78 is 12.9. The van der Waals surface area contributed by atoms with E-state index in [-0.39, 0.29) is 18.0 Å². The first kappa shape index (κ1) is 13.4. The van der Waals surface area contributed by atoms with Crippen LogP contribution in [0, 0.1) is 11.2 Å². The van der Waals surface area contributed by atoms with Gasteiger partial charge < -0.3 is 5.32 Å². The summed E-state index contributed by atoms with van der Waals surface area (Å²) in [6.45, 7) is 5.62. The number of halogens is 1. The summed E-state index contributed by atoms with van der Waals surface area (Å²) in [4.78, 5) is 22.4.